The van der Waals surface area contributed by atoms with Crippen molar-refractivity contribution in [3.05, 3.63) is 44.7 Å². The molecule has 0 radical (unpaired) electrons. The summed E-state index contributed by atoms with van der Waals surface area (Å²) in [5.74, 6) is 1.13. The molecule has 112 valence electrons. The fraction of sp³-hybridized carbons (Fsp3) is 0.438. The molecule has 0 aromatic carbocycles. The monoisotopic (exact) mass is 365 g/mol. The summed E-state index contributed by atoms with van der Waals surface area (Å²) >= 11 is 5.37. The van der Waals surface area contributed by atoms with Crippen LogP contribution < -0.4 is 10.2 Å². The second-order valence-corrected chi connectivity index (χ2v) is 7.30. The minimum Gasteiger partial charge on any atom is -0.348 e. The maximum Gasteiger partial charge on any atom is 0.133 e. The number of thiophene rings is 1. The van der Waals surface area contributed by atoms with Crippen molar-refractivity contribution < 1.29 is 0 Å². The second kappa shape index (κ2) is 6.90. The van der Waals surface area contributed by atoms with Gasteiger partial charge in [0.2, 0.25) is 0 Å². The van der Waals surface area contributed by atoms with Crippen LogP contribution in [-0.4, -0.2) is 17.6 Å². The van der Waals surface area contributed by atoms with Crippen LogP contribution >= 0.6 is 27.3 Å². The molecule has 3 rings (SSSR count). The lowest BCUT2D eigenvalue weighted by Crippen LogP contribution is -2.28. The molecule has 2 aromatic rings. The highest BCUT2D eigenvalue weighted by Gasteiger charge is 2.31. The van der Waals surface area contributed by atoms with E-state index < -0.39 is 0 Å². The van der Waals surface area contributed by atoms with E-state index in [9.17, 15) is 0 Å². The predicted octanol–water partition coefficient (Wildman–Crippen LogP) is 4.18. The summed E-state index contributed by atoms with van der Waals surface area (Å²) in [7, 11) is 0. The Kier molecular flexibility index (Phi) is 4.93. The molecule has 21 heavy (non-hydrogen) atoms. The second-order valence-electron chi connectivity index (χ2n) is 5.36. The molecule has 1 fully saturated rings. The molecule has 0 bridgehead atoms. The van der Waals surface area contributed by atoms with Crippen LogP contribution in [0, 0.1) is 0 Å². The molecule has 0 atom stereocenters. The molecule has 2 aromatic heterocycles. The molecule has 0 unspecified atom stereocenters. The third kappa shape index (κ3) is 3.84. The van der Waals surface area contributed by atoms with Gasteiger partial charge in [-0.1, -0.05) is 13.0 Å². The summed E-state index contributed by atoms with van der Waals surface area (Å²) in [4.78, 5) is 8.60. The van der Waals surface area contributed by atoms with Gasteiger partial charge in [-0.25, -0.2) is 4.98 Å². The zero-order valence-electron chi connectivity index (χ0n) is 12.2. The lowest BCUT2D eigenvalue weighted by atomic mass is 10.2. The fourth-order valence-electron chi connectivity index (χ4n) is 2.46. The number of halogens is 1. The number of rotatable bonds is 7. The molecule has 1 saturated carbocycles. The minimum absolute atomic E-state index is 0.654. The first-order valence-electron chi connectivity index (χ1n) is 7.42. The molecule has 1 aliphatic carbocycles. The Labute approximate surface area is 138 Å². The summed E-state index contributed by atoms with van der Waals surface area (Å²) in [6, 6.07) is 7.18. The van der Waals surface area contributed by atoms with Crippen molar-refractivity contribution in [1.29, 1.82) is 0 Å². The van der Waals surface area contributed by atoms with Crippen molar-refractivity contribution in [2.24, 2.45) is 0 Å². The molecular formula is C16H20BrN3S. The molecule has 3 nitrogen and oxygen atoms in total. The third-order valence-corrected chi connectivity index (χ3v) is 4.94. The van der Waals surface area contributed by atoms with Gasteiger partial charge in [-0.3, -0.25) is 0 Å². The molecule has 1 N–H and O–H groups in total. The Morgan fingerprint density at radius 3 is 3.00 bits per heavy atom. The number of pyridine rings is 1. The number of anilines is 1. The van der Waals surface area contributed by atoms with Gasteiger partial charge in [-0.2, -0.15) is 0 Å². The zero-order chi connectivity index (χ0) is 14.7. The van der Waals surface area contributed by atoms with E-state index >= 15 is 0 Å². The largest absolute Gasteiger partial charge is 0.348 e. The third-order valence-electron chi connectivity index (χ3n) is 3.64. The van der Waals surface area contributed by atoms with Crippen LogP contribution in [0.15, 0.2) is 34.2 Å². The van der Waals surface area contributed by atoms with Gasteiger partial charge in [0.05, 0.1) is 6.54 Å². The van der Waals surface area contributed by atoms with Crippen molar-refractivity contribution in [1.82, 2.24) is 10.3 Å². The highest BCUT2D eigenvalue weighted by molar-refractivity contribution is 9.10. The van der Waals surface area contributed by atoms with Crippen molar-refractivity contribution in [2.45, 2.75) is 38.9 Å². The van der Waals surface area contributed by atoms with Crippen LogP contribution in [0.2, 0.25) is 0 Å². The van der Waals surface area contributed by atoms with E-state index in [1.54, 1.807) is 0 Å². The van der Waals surface area contributed by atoms with Gasteiger partial charge in [0, 0.05) is 33.7 Å². The molecule has 5 heteroatoms. The van der Waals surface area contributed by atoms with E-state index in [0.717, 1.165) is 29.9 Å². The van der Waals surface area contributed by atoms with Gasteiger partial charge < -0.3 is 10.2 Å². The summed E-state index contributed by atoms with van der Waals surface area (Å²) in [5.41, 5.74) is 1.27. The Hall–Kier alpha value is -0.910. The maximum atomic E-state index is 4.72. The normalized spacial score (nSPS) is 14.4. The number of aromatic nitrogens is 1. The van der Waals surface area contributed by atoms with Crippen molar-refractivity contribution in [2.75, 3.05) is 11.4 Å². The Bertz CT molecular complexity index is 581. The predicted molar refractivity (Wildman–Crippen MR) is 92.8 cm³/mol. The fourth-order valence-corrected chi connectivity index (χ4v) is 3.54. The summed E-state index contributed by atoms with van der Waals surface area (Å²) < 4.78 is 1.05. The number of nitrogens with one attached hydrogen (secondary N) is 1. The first kappa shape index (κ1) is 15.0. The SMILES string of the molecule is CCNCc1cc(Br)cnc1N(Cc1cccs1)C1CC1. The number of nitrogens with zero attached hydrogens (tertiary/aromatic N) is 2. The van der Waals surface area contributed by atoms with E-state index in [4.69, 9.17) is 4.98 Å². The van der Waals surface area contributed by atoms with Gasteiger partial charge >= 0.3 is 0 Å². The molecule has 2 heterocycles. The van der Waals surface area contributed by atoms with Crippen molar-refractivity contribution >= 4 is 33.1 Å². The van der Waals surface area contributed by atoms with E-state index in [1.807, 2.05) is 17.5 Å². The topological polar surface area (TPSA) is 28.2 Å². The average Bonchev–Trinajstić information content (AvgIpc) is 3.20. The van der Waals surface area contributed by atoms with Gasteiger partial charge in [0.1, 0.15) is 5.82 Å². The molecule has 0 amide bonds. The van der Waals surface area contributed by atoms with Crippen LogP contribution in [0.1, 0.15) is 30.2 Å². The van der Waals surface area contributed by atoms with Crippen LogP contribution in [0.25, 0.3) is 0 Å². The van der Waals surface area contributed by atoms with Crippen LogP contribution in [0.3, 0.4) is 0 Å². The maximum absolute atomic E-state index is 4.72. The quantitative estimate of drug-likeness (QED) is 0.797. The Morgan fingerprint density at radius 2 is 2.33 bits per heavy atom. The number of hydrogen-bond acceptors (Lipinski definition) is 4. The standard InChI is InChI=1S/C16H20BrN3S/c1-2-18-9-12-8-13(17)10-19-16(12)20(14-5-6-14)11-15-4-3-7-21-15/h3-4,7-8,10,14,18H,2,5-6,9,11H2,1H3. The molecular weight excluding hydrogens is 346 g/mol. The molecule has 0 aliphatic heterocycles. The van der Waals surface area contributed by atoms with Gasteiger partial charge in [-0.05, 0) is 52.8 Å². The summed E-state index contributed by atoms with van der Waals surface area (Å²) in [6.07, 6.45) is 4.47. The molecule has 1 aliphatic rings. The van der Waals surface area contributed by atoms with Crippen LogP contribution in [0.5, 0.6) is 0 Å². The van der Waals surface area contributed by atoms with E-state index in [2.05, 4.69) is 56.6 Å². The average molecular weight is 366 g/mol. The Balaban J connectivity index is 1.87. The highest BCUT2D eigenvalue weighted by Crippen LogP contribution is 2.35. The van der Waals surface area contributed by atoms with Crippen LogP contribution in [0.4, 0.5) is 5.82 Å². The van der Waals surface area contributed by atoms with Crippen molar-refractivity contribution in [3.63, 3.8) is 0 Å². The number of hydrogen-bond donors (Lipinski definition) is 1. The van der Waals surface area contributed by atoms with E-state index in [0.29, 0.717) is 6.04 Å². The minimum atomic E-state index is 0.654. The summed E-state index contributed by atoms with van der Waals surface area (Å²) in [5, 5.41) is 5.57. The highest BCUT2D eigenvalue weighted by atomic mass is 79.9. The Morgan fingerprint density at radius 1 is 1.48 bits per heavy atom. The van der Waals surface area contributed by atoms with Crippen LogP contribution in [-0.2, 0) is 13.1 Å². The molecule has 0 spiro atoms. The lowest BCUT2D eigenvalue weighted by Gasteiger charge is -2.25. The lowest BCUT2D eigenvalue weighted by molar-refractivity contribution is 0.708. The van der Waals surface area contributed by atoms with E-state index in [-0.39, 0.29) is 0 Å². The first-order valence-corrected chi connectivity index (χ1v) is 9.09. The molecule has 0 saturated heterocycles. The van der Waals surface area contributed by atoms with Gasteiger partial charge in [0.15, 0.2) is 0 Å². The first-order chi connectivity index (χ1) is 10.3. The zero-order valence-corrected chi connectivity index (χ0v) is 14.6. The smallest absolute Gasteiger partial charge is 0.133 e. The summed E-state index contributed by atoms with van der Waals surface area (Å²) in [6.45, 7) is 4.94. The van der Waals surface area contributed by atoms with Crippen molar-refractivity contribution in [3.8, 4) is 0 Å². The van der Waals surface area contributed by atoms with Gasteiger partial charge in [-0.15, -0.1) is 11.3 Å². The van der Waals surface area contributed by atoms with E-state index in [1.165, 1.54) is 23.3 Å². The van der Waals surface area contributed by atoms with Gasteiger partial charge in [0.25, 0.3) is 0 Å².